The van der Waals surface area contributed by atoms with Crippen molar-refractivity contribution in [3.8, 4) is 0 Å². The van der Waals surface area contributed by atoms with Crippen LogP contribution in [0, 0.1) is 17.8 Å². The molecule has 0 radical (unpaired) electrons. The fourth-order valence-corrected chi connectivity index (χ4v) is 7.99. The molecule has 4 aliphatic heterocycles. The van der Waals surface area contributed by atoms with Crippen LogP contribution in [0.15, 0.2) is 85.0 Å². The van der Waals surface area contributed by atoms with E-state index in [9.17, 15) is 24.3 Å². The van der Waals surface area contributed by atoms with Crippen molar-refractivity contribution in [1.29, 1.82) is 0 Å². The Morgan fingerprint density at radius 2 is 1.67 bits per heavy atom. The molecule has 4 aliphatic rings. The number of aliphatic hydroxyl groups is 1. The molecule has 9 atom stereocenters. The molecule has 1 N–H and O–H groups in total. The second kappa shape index (κ2) is 14.3. The van der Waals surface area contributed by atoms with Crippen molar-refractivity contribution in [3.63, 3.8) is 0 Å². The SMILES string of the molecule is CC[C@H](C)[C@H](CO)N1C(=O)[C@H]2[C@@H]3C(=O)O[C@@H](c4ccccc4)[C@H](C)N(C)C(=O)CC/C=C\[C@@H]3O[C@]23C=CCN(Cc2ccccc2)C(=O)[C@H]13. The van der Waals surface area contributed by atoms with Gasteiger partial charge in [0.25, 0.3) is 0 Å². The molecule has 49 heavy (non-hydrogen) atoms. The Labute approximate surface area is 288 Å². The first-order valence-corrected chi connectivity index (χ1v) is 17.4. The topological polar surface area (TPSA) is 117 Å². The normalized spacial score (nSPS) is 32.3. The summed E-state index contributed by atoms with van der Waals surface area (Å²) in [5.74, 6) is -3.73. The van der Waals surface area contributed by atoms with Crippen molar-refractivity contribution < 1.29 is 33.8 Å². The minimum atomic E-state index is -1.49. The van der Waals surface area contributed by atoms with Gasteiger partial charge in [-0.2, -0.15) is 0 Å². The maximum absolute atomic E-state index is 14.9. The number of likely N-dealkylation sites (N-methyl/N-ethyl adjacent to an activating group) is 1. The van der Waals surface area contributed by atoms with Crippen LogP contribution in [-0.4, -0.2) is 93.5 Å². The number of allylic oxidation sites excluding steroid dienone is 1. The summed E-state index contributed by atoms with van der Waals surface area (Å²) in [6, 6.07) is 16.6. The Hall–Kier alpha value is -4.28. The fraction of sp³-hybridized carbons (Fsp3) is 0.487. The number of cyclic esters (lactones) is 1. The number of rotatable bonds is 7. The van der Waals surface area contributed by atoms with Gasteiger partial charge < -0.3 is 29.3 Å². The molecule has 0 aliphatic carbocycles. The molecule has 6 rings (SSSR count). The molecule has 260 valence electrons. The Morgan fingerprint density at radius 1 is 0.980 bits per heavy atom. The van der Waals surface area contributed by atoms with Gasteiger partial charge in [0.2, 0.25) is 17.7 Å². The van der Waals surface area contributed by atoms with Gasteiger partial charge in [-0.1, -0.05) is 105 Å². The minimum absolute atomic E-state index is 0.0872. The molecule has 2 fully saturated rings. The minimum Gasteiger partial charge on any atom is -0.455 e. The Balaban J connectivity index is 1.46. The first-order valence-electron chi connectivity index (χ1n) is 17.4. The smallest absolute Gasteiger partial charge is 0.313 e. The van der Waals surface area contributed by atoms with Gasteiger partial charge in [0.1, 0.15) is 23.7 Å². The monoisotopic (exact) mass is 669 g/mol. The quantitative estimate of drug-likeness (QED) is 0.349. The second-order valence-electron chi connectivity index (χ2n) is 13.8. The van der Waals surface area contributed by atoms with Gasteiger partial charge in [-0.05, 0) is 30.4 Å². The van der Waals surface area contributed by atoms with Crippen molar-refractivity contribution in [3.05, 3.63) is 96.1 Å². The Kier molecular flexibility index (Phi) is 10.1. The zero-order valence-electron chi connectivity index (χ0n) is 28.7. The molecule has 1 spiro atoms. The van der Waals surface area contributed by atoms with E-state index in [4.69, 9.17) is 9.47 Å². The first kappa shape index (κ1) is 34.6. The summed E-state index contributed by atoms with van der Waals surface area (Å²) in [7, 11) is 1.71. The van der Waals surface area contributed by atoms with Crippen LogP contribution in [0.25, 0.3) is 0 Å². The zero-order valence-corrected chi connectivity index (χ0v) is 28.7. The lowest BCUT2D eigenvalue weighted by atomic mass is 9.77. The first-order chi connectivity index (χ1) is 23.6. The highest BCUT2D eigenvalue weighted by atomic mass is 16.6. The Morgan fingerprint density at radius 3 is 2.35 bits per heavy atom. The number of hydrogen-bond acceptors (Lipinski definition) is 7. The van der Waals surface area contributed by atoms with Crippen LogP contribution < -0.4 is 0 Å². The van der Waals surface area contributed by atoms with E-state index >= 15 is 0 Å². The third-order valence-electron chi connectivity index (χ3n) is 11.0. The number of aliphatic hydroxyl groups excluding tert-OH is 1. The highest BCUT2D eigenvalue weighted by Gasteiger charge is 2.72. The number of ether oxygens (including phenoxy) is 2. The van der Waals surface area contributed by atoms with Gasteiger partial charge in [-0.25, -0.2) is 0 Å². The summed E-state index contributed by atoms with van der Waals surface area (Å²) >= 11 is 0. The van der Waals surface area contributed by atoms with Crippen molar-refractivity contribution in [2.24, 2.45) is 17.8 Å². The van der Waals surface area contributed by atoms with Crippen molar-refractivity contribution in [1.82, 2.24) is 14.7 Å². The van der Waals surface area contributed by atoms with E-state index in [2.05, 4.69) is 0 Å². The molecule has 2 saturated heterocycles. The van der Waals surface area contributed by atoms with Crippen LogP contribution in [0.3, 0.4) is 0 Å². The molecular weight excluding hydrogens is 622 g/mol. The van der Waals surface area contributed by atoms with E-state index < -0.39 is 59.6 Å². The number of hydrogen-bond donors (Lipinski definition) is 1. The highest BCUT2D eigenvalue weighted by molar-refractivity contribution is 5.99. The summed E-state index contributed by atoms with van der Waals surface area (Å²) in [6.07, 6.45) is 6.82. The maximum Gasteiger partial charge on any atom is 0.313 e. The molecule has 2 aromatic carbocycles. The number of benzene rings is 2. The highest BCUT2D eigenvalue weighted by Crippen LogP contribution is 2.54. The number of esters is 1. The standard InChI is InChI=1S/C39H47N3O7/c1-5-25(2)29(24-43)42-35-37(46)41(23-27-15-8-6-9-16-27)22-14-21-39(35)33(36(42)45)32-30(49-39)19-12-13-20-31(44)40(4)26(3)34(48-38(32)47)28-17-10-7-11-18-28/h6-12,14-19,21,25-26,29-30,32-35,43H,5,13,20,22-24H2,1-4H3/b19-12-/t25-,26-,29-,30-,32+,33+,34+,35-,39+/m0/s1. The molecule has 0 bridgehead atoms. The van der Waals surface area contributed by atoms with Gasteiger partial charge in [0, 0.05) is 26.6 Å². The number of carbonyl (C=O) groups is 4. The zero-order chi connectivity index (χ0) is 34.9. The average Bonchev–Trinajstić information content (AvgIpc) is 3.51. The van der Waals surface area contributed by atoms with E-state index in [-0.39, 0.29) is 37.3 Å². The molecule has 0 aromatic heterocycles. The summed E-state index contributed by atoms with van der Waals surface area (Å²) in [4.78, 5) is 62.3. The number of carbonyl (C=O) groups excluding carboxylic acids is 4. The lowest BCUT2D eigenvalue weighted by molar-refractivity contribution is -0.165. The molecule has 10 nitrogen and oxygen atoms in total. The largest absolute Gasteiger partial charge is 0.455 e. The Bertz CT molecular complexity index is 1600. The maximum atomic E-state index is 14.9. The van der Waals surface area contributed by atoms with Crippen molar-refractivity contribution >= 4 is 23.7 Å². The van der Waals surface area contributed by atoms with Gasteiger partial charge in [0.15, 0.2) is 0 Å². The predicted molar refractivity (Wildman–Crippen MR) is 182 cm³/mol. The fourth-order valence-electron chi connectivity index (χ4n) is 7.99. The number of amides is 3. The summed E-state index contributed by atoms with van der Waals surface area (Å²) in [5.41, 5.74) is 0.171. The number of nitrogens with zero attached hydrogens (tertiary/aromatic N) is 3. The van der Waals surface area contributed by atoms with Crippen LogP contribution in [0.1, 0.15) is 57.3 Å². The van der Waals surface area contributed by atoms with Crippen molar-refractivity contribution in [2.75, 3.05) is 20.2 Å². The van der Waals surface area contributed by atoms with Gasteiger partial charge in [-0.15, -0.1) is 0 Å². The molecule has 0 unspecified atom stereocenters. The molecule has 2 aromatic rings. The van der Waals surface area contributed by atoms with Gasteiger partial charge in [0.05, 0.1) is 30.7 Å². The number of likely N-dealkylation sites (tertiary alicyclic amines) is 1. The van der Waals surface area contributed by atoms with E-state index in [0.717, 1.165) is 11.1 Å². The van der Waals surface area contributed by atoms with Crippen LogP contribution in [0.4, 0.5) is 0 Å². The summed E-state index contributed by atoms with van der Waals surface area (Å²) in [6.45, 7) is 6.04. The third-order valence-corrected chi connectivity index (χ3v) is 11.0. The van der Waals surface area contributed by atoms with Gasteiger partial charge >= 0.3 is 5.97 Å². The van der Waals surface area contributed by atoms with Crippen LogP contribution in [-0.2, 0) is 35.2 Å². The summed E-state index contributed by atoms with van der Waals surface area (Å²) < 4.78 is 13.2. The van der Waals surface area contributed by atoms with E-state index in [1.807, 2.05) is 93.6 Å². The second-order valence-corrected chi connectivity index (χ2v) is 13.8. The third kappa shape index (κ3) is 6.21. The molecule has 3 amide bonds. The summed E-state index contributed by atoms with van der Waals surface area (Å²) in [5, 5.41) is 10.7. The molecule has 0 saturated carbocycles. The lowest BCUT2D eigenvalue weighted by Gasteiger charge is -2.40. The lowest BCUT2D eigenvalue weighted by Crippen LogP contribution is -2.59. The molecule has 4 heterocycles. The van der Waals surface area contributed by atoms with Crippen LogP contribution in [0.2, 0.25) is 0 Å². The van der Waals surface area contributed by atoms with Gasteiger partial charge in [-0.3, -0.25) is 19.2 Å². The predicted octanol–water partition coefficient (Wildman–Crippen LogP) is 4.05. The number of fused-ring (bicyclic) bond motifs is 2. The average molecular weight is 670 g/mol. The van der Waals surface area contributed by atoms with Crippen molar-refractivity contribution in [2.45, 2.75) is 82.5 Å². The molecule has 10 heteroatoms. The van der Waals surface area contributed by atoms with Crippen LogP contribution >= 0.6 is 0 Å². The van der Waals surface area contributed by atoms with E-state index in [1.54, 1.807) is 29.0 Å². The van der Waals surface area contributed by atoms with Crippen LogP contribution in [0.5, 0.6) is 0 Å². The van der Waals surface area contributed by atoms with E-state index in [0.29, 0.717) is 19.4 Å². The van der Waals surface area contributed by atoms with E-state index in [1.165, 1.54) is 4.90 Å². The molecular formula is C39H47N3O7.